The molecule has 0 bridgehead atoms. The first-order valence-electron chi connectivity index (χ1n) is 7.17. The van der Waals surface area contributed by atoms with E-state index in [1.165, 1.54) is 11.1 Å². The number of para-hydroxylation sites is 1. The van der Waals surface area contributed by atoms with E-state index < -0.39 is 0 Å². The molecule has 0 radical (unpaired) electrons. The van der Waals surface area contributed by atoms with Gasteiger partial charge >= 0.3 is 0 Å². The SMILES string of the molecule is CC(=O)c1ccccc1N1CCCc2ccccc2C1. The summed E-state index contributed by atoms with van der Waals surface area (Å²) in [5.41, 5.74) is 4.71. The van der Waals surface area contributed by atoms with Gasteiger partial charge in [0, 0.05) is 24.3 Å². The Bertz CT molecular complexity index is 633. The Balaban J connectivity index is 1.98. The van der Waals surface area contributed by atoms with Gasteiger partial charge in [-0.25, -0.2) is 0 Å². The Morgan fingerprint density at radius 1 is 1.00 bits per heavy atom. The second kappa shape index (κ2) is 5.49. The molecule has 1 heterocycles. The Kier molecular flexibility index (Phi) is 3.55. The van der Waals surface area contributed by atoms with Crippen LogP contribution in [-0.2, 0) is 13.0 Å². The molecule has 0 fully saturated rings. The van der Waals surface area contributed by atoms with E-state index >= 15 is 0 Å². The predicted molar refractivity (Wildman–Crippen MR) is 82.3 cm³/mol. The lowest BCUT2D eigenvalue weighted by atomic mass is 10.0. The van der Waals surface area contributed by atoms with Crippen LogP contribution >= 0.6 is 0 Å². The molecule has 0 saturated carbocycles. The van der Waals surface area contributed by atoms with Crippen molar-refractivity contribution in [2.24, 2.45) is 0 Å². The van der Waals surface area contributed by atoms with Crippen LogP contribution in [-0.4, -0.2) is 12.3 Å². The maximum absolute atomic E-state index is 11.8. The molecule has 0 aromatic heterocycles. The number of Topliss-reactive ketones (excluding diaryl/α,β-unsaturated/α-hetero) is 1. The molecular formula is C18H19NO. The Morgan fingerprint density at radius 2 is 1.70 bits per heavy atom. The quantitative estimate of drug-likeness (QED) is 0.769. The first kappa shape index (κ1) is 12.9. The molecule has 0 N–H and O–H groups in total. The van der Waals surface area contributed by atoms with Crippen molar-refractivity contribution in [2.45, 2.75) is 26.3 Å². The second-order valence-corrected chi connectivity index (χ2v) is 5.37. The highest BCUT2D eigenvalue weighted by molar-refractivity contribution is 5.99. The van der Waals surface area contributed by atoms with Crippen molar-refractivity contribution in [1.29, 1.82) is 0 Å². The van der Waals surface area contributed by atoms with Crippen molar-refractivity contribution in [2.75, 3.05) is 11.4 Å². The van der Waals surface area contributed by atoms with Gasteiger partial charge in [-0.1, -0.05) is 36.4 Å². The van der Waals surface area contributed by atoms with E-state index in [4.69, 9.17) is 0 Å². The van der Waals surface area contributed by atoms with Crippen molar-refractivity contribution in [3.8, 4) is 0 Å². The zero-order valence-corrected chi connectivity index (χ0v) is 11.8. The molecule has 2 aromatic carbocycles. The standard InChI is InChI=1S/C18H19NO/c1-14(20)17-10-4-5-11-18(17)19-12-6-9-15-7-2-3-8-16(15)13-19/h2-5,7-8,10-11H,6,9,12-13H2,1H3. The number of fused-ring (bicyclic) bond motifs is 1. The summed E-state index contributed by atoms with van der Waals surface area (Å²) >= 11 is 0. The number of anilines is 1. The van der Waals surface area contributed by atoms with Gasteiger partial charge in [0.2, 0.25) is 0 Å². The number of carbonyl (C=O) groups is 1. The number of nitrogens with zero attached hydrogens (tertiary/aromatic N) is 1. The van der Waals surface area contributed by atoms with E-state index in [0.717, 1.165) is 37.2 Å². The number of benzene rings is 2. The highest BCUT2D eigenvalue weighted by atomic mass is 16.1. The summed E-state index contributed by atoms with van der Waals surface area (Å²) in [5.74, 6) is 0.137. The predicted octanol–water partition coefficient (Wildman–Crippen LogP) is 3.84. The monoisotopic (exact) mass is 265 g/mol. The van der Waals surface area contributed by atoms with Gasteiger partial charge in [-0.3, -0.25) is 4.79 Å². The number of hydrogen-bond donors (Lipinski definition) is 0. The van der Waals surface area contributed by atoms with Crippen LogP contribution in [0.15, 0.2) is 48.5 Å². The molecule has 1 aliphatic heterocycles. The van der Waals surface area contributed by atoms with E-state index in [1.807, 2.05) is 18.2 Å². The van der Waals surface area contributed by atoms with Crippen LogP contribution in [0.2, 0.25) is 0 Å². The minimum absolute atomic E-state index is 0.137. The van der Waals surface area contributed by atoms with Crippen LogP contribution in [0.4, 0.5) is 5.69 Å². The normalized spacial score (nSPS) is 14.6. The Labute approximate surface area is 120 Å². The van der Waals surface area contributed by atoms with Crippen molar-refractivity contribution in [3.05, 3.63) is 65.2 Å². The highest BCUT2D eigenvalue weighted by Crippen LogP contribution is 2.27. The van der Waals surface area contributed by atoms with Crippen LogP contribution in [0.1, 0.15) is 34.8 Å². The molecule has 0 saturated heterocycles. The molecule has 0 atom stereocenters. The molecular weight excluding hydrogens is 246 g/mol. The fourth-order valence-corrected chi connectivity index (χ4v) is 2.95. The molecule has 20 heavy (non-hydrogen) atoms. The lowest BCUT2D eigenvalue weighted by molar-refractivity contribution is 0.101. The van der Waals surface area contributed by atoms with Crippen LogP contribution < -0.4 is 4.90 Å². The summed E-state index contributed by atoms with van der Waals surface area (Å²) in [6, 6.07) is 16.6. The Hall–Kier alpha value is -2.09. The van der Waals surface area contributed by atoms with Gasteiger partial charge in [0.25, 0.3) is 0 Å². The summed E-state index contributed by atoms with van der Waals surface area (Å²) < 4.78 is 0. The molecule has 102 valence electrons. The van der Waals surface area contributed by atoms with Crippen molar-refractivity contribution < 1.29 is 4.79 Å². The zero-order chi connectivity index (χ0) is 13.9. The number of ketones is 1. The number of aryl methyl sites for hydroxylation is 1. The van der Waals surface area contributed by atoms with Crippen LogP contribution in [0, 0.1) is 0 Å². The molecule has 2 nitrogen and oxygen atoms in total. The first-order valence-corrected chi connectivity index (χ1v) is 7.17. The fraction of sp³-hybridized carbons (Fsp3) is 0.278. The smallest absolute Gasteiger partial charge is 0.161 e. The van der Waals surface area contributed by atoms with Crippen molar-refractivity contribution >= 4 is 11.5 Å². The topological polar surface area (TPSA) is 20.3 Å². The summed E-state index contributed by atoms with van der Waals surface area (Å²) in [4.78, 5) is 14.1. The summed E-state index contributed by atoms with van der Waals surface area (Å²) in [7, 11) is 0. The molecule has 2 heteroatoms. The van der Waals surface area contributed by atoms with Crippen molar-refractivity contribution in [1.82, 2.24) is 0 Å². The summed E-state index contributed by atoms with van der Waals surface area (Å²) in [5, 5.41) is 0. The van der Waals surface area contributed by atoms with E-state index in [2.05, 4.69) is 35.2 Å². The minimum Gasteiger partial charge on any atom is -0.367 e. The lowest BCUT2D eigenvalue weighted by Crippen LogP contribution is -2.24. The average molecular weight is 265 g/mol. The van der Waals surface area contributed by atoms with Gasteiger partial charge in [0.15, 0.2) is 5.78 Å². The van der Waals surface area contributed by atoms with Gasteiger partial charge in [-0.05, 0) is 43.0 Å². The van der Waals surface area contributed by atoms with Gasteiger partial charge in [0.05, 0.1) is 0 Å². The molecule has 0 unspecified atom stereocenters. The zero-order valence-electron chi connectivity index (χ0n) is 11.8. The maximum Gasteiger partial charge on any atom is 0.161 e. The average Bonchev–Trinajstić information content (AvgIpc) is 2.69. The highest BCUT2D eigenvalue weighted by Gasteiger charge is 2.17. The molecule has 3 rings (SSSR count). The molecule has 2 aromatic rings. The first-order chi connectivity index (χ1) is 9.75. The van der Waals surface area contributed by atoms with E-state index in [0.29, 0.717) is 0 Å². The van der Waals surface area contributed by atoms with Crippen LogP contribution in [0.25, 0.3) is 0 Å². The fourth-order valence-electron chi connectivity index (χ4n) is 2.95. The number of carbonyl (C=O) groups excluding carboxylic acids is 1. The molecule has 0 amide bonds. The van der Waals surface area contributed by atoms with E-state index in [-0.39, 0.29) is 5.78 Å². The Morgan fingerprint density at radius 3 is 2.50 bits per heavy atom. The van der Waals surface area contributed by atoms with E-state index in [9.17, 15) is 4.79 Å². The van der Waals surface area contributed by atoms with Gasteiger partial charge in [-0.2, -0.15) is 0 Å². The number of rotatable bonds is 2. The third-order valence-electron chi connectivity index (χ3n) is 3.98. The van der Waals surface area contributed by atoms with Crippen LogP contribution in [0.5, 0.6) is 0 Å². The molecule has 1 aliphatic rings. The summed E-state index contributed by atoms with van der Waals surface area (Å²) in [6.45, 7) is 3.53. The maximum atomic E-state index is 11.8. The van der Waals surface area contributed by atoms with Crippen LogP contribution in [0.3, 0.4) is 0 Å². The largest absolute Gasteiger partial charge is 0.367 e. The third kappa shape index (κ3) is 2.46. The van der Waals surface area contributed by atoms with E-state index in [1.54, 1.807) is 6.92 Å². The third-order valence-corrected chi connectivity index (χ3v) is 3.98. The summed E-state index contributed by atoms with van der Waals surface area (Å²) in [6.07, 6.45) is 2.25. The van der Waals surface area contributed by atoms with Crippen molar-refractivity contribution in [3.63, 3.8) is 0 Å². The molecule has 0 aliphatic carbocycles. The minimum atomic E-state index is 0.137. The van der Waals surface area contributed by atoms with Gasteiger partial charge in [0.1, 0.15) is 0 Å². The lowest BCUT2D eigenvalue weighted by Gasteiger charge is -2.25. The molecule has 0 spiro atoms. The van der Waals surface area contributed by atoms with Gasteiger partial charge in [-0.15, -0.1) is 0 Å². The number of hydrogen-bond acceptors (Lipinski definition) is 2. The second-order valence-electron chi connectivity index (χ2n) is 5.37. The van der Waals surface area contributed by atoms with Gasteiger partial charge < -0.3 is 4.90 Å².